The molecule has 0 saturated heterocycles. The Morgan fingerprint density at radius 2 is 1.86 bits per heavy atom. The van der Waals surface area contributed by atoms with Crippen molar-refractivity contribution in [1.82, 2.24) is 9.97 Å². The maximum absolute atomic E-state index is 11.4. The number of carboxylic acids is 1. The van der Waals surface area contributed by atoms with E-state index in [1.165, 1.54) is 23.5 Å². The third-order valence-electron chi connectivity index (χ3n) is 4.92. The van der Waals surface area contributed by atoms with E-state index in [9.17, 15) is 9.90 Å². The number of halogens is 1. The minimum atomic E-state index is -1.08. The summed E-state index contributed by atoms with van der Waals surface area (Å²) in [5, 5.41) is 13.7. The topological polar surface area (TPSA) is 75.1 Å². The van der Waals surface area contributed by atoms with Crippen LogP contribution in [0.15, 0.2) is 42.7 Å². The summed E-state index contributed by atoms with van der Waals surface area (Å²) in [5.74, 6) is -0.445. The van der Waals surface area contributed by atoms with E-state index in [0.29, 0.717) is 11.5 Å². The molecule has 0 fully saturated rings. The maximum Gasteiger partial charge on any atom is 0.337 e. The van der Waals surface area contributed by atoms with Crippen LogP contribution < -0.4 is 5.32 Å². The summed E-state index contributed by atoms with van der Waals surface area (Å²) in [6, 6.07) is 11.2. The number of aryl methyl sites for hydroxylation is 3. The van der Waals surface area contributed by atoms with Crippen molar-refractivity contribution in [2.75, 3.05) is 5.32 Å². The van der Waals surface area contributed by atoms with Gasteiger partial charge in [-0.3, -0.25) is 0 Å². The van der Waals surface area contributed by atoms with Crippen LogP contribution in [0.5, 0.6) is 0 Å². The van der Waals surface area contributed by atoms with Gasteiger partial charge in [-0.05, 0) is 55.7 Å². The lowest BCUT2D eigenvalue weighted by Crippen LogP contribution is -2.01. The fraction of sp³-hybridized carbons (Fsp3) is 0.136. The van der Waals surface area contributed by atoms with Crippen molar-refractivity contribution in [2.24, 2.45) is 0 Å². The second-order valence-corrected chi connectivity index (χ2v) is 8.47. The molecule has 0 aliphatic heterocycles. The zero-order valence-corrected chi connectivity index (χ0v) is 17.6. The molecule has 0 amide bonds. The second-order valence-electron chi connectivity index (χ2n) is 6.86. The number of fused-ring (bicyclic) bond motifs is 1. The van der Waals surface area contributed by atoms with Gasteiger partial charge in [0, 0.05) is 16.1 Å². The minimum Gasteiger partial charge on any atom is -0.478 e. The van der Waals surface area contributed by atoms with Gasteiger partial charge in [0.15, 0.2) is 0 Å². The lowest BCUT2D eigenvalue weighted by atomic mass is 9.99. The fourth-order valence-electron chi connectivity index (χ4n) is 3.29. The fourth-order valence-corrected chi connectivity index (χ4v) is 4.50. The second kappa shape index (κ2) is 7.46. The number of anilines is 2. The van der Waals surface area contributed by atoms with Gasteiger partial charge in [0.05, 0.1) is 16.0 Å². The lowest BCUT2D eigenvalue weighted by molar-refractivity contribution is 0.0697. The average molecular weight is 424 g/mol. The molecular weight excluding hydrogens is 406 g/mol. The summed E-state index contributed by atoms with van der Waals surface area (Å²) in [5.41, 5.74) is 5.29. The standard InChI is InChI=1S/C22H18ClN3O2S/c1-11-4-5-14(8-12(11)2)18-13(3)29-21-19(18)20(24-10-25-21)26-15-6-7-17(23)16(9-15)22(27)28/h4-10H,1-3H3,(H,27,28)(H,24,25,26). The number of nitrogens with one attached hydrogen (secondary N) is 1. The molecule has 2 aromatic heterocycles. The molecule has 0 saturated carbocycles. The molecule has 4 rings (SSSR count). The van der Waals surface area contributed by atoms with E-state index >= 15 is 0 Å². The van der Waals surface area contributed by atoms with E-state index in [0.717, 1.165) is 26.2 Å². The first-order valence-corrected chi connectivity index (χ1v) is 10.2. The van der Waals surface area contributed by atoms with Crippen molar-refractivity contribution in [3.05, 3.63) is 69.3 Å². The largest absolute Gasteiger partial charge is 0.478 e. The van der Waals surface area contributed by atoms with Crippen LogP contribution in [0.25, 0.3) is 21.3 Å². The molecule has 146 valence electrons. The number of carboxylic acid groups (broad SMARTS) is 1. The Kier molecular flexibility index (Phi) is 4.98. The summed E-state index contributed by atoms with van der Waals surface area (Å²) >= 11 is 7.61. The zero-order chi connectivity index (χ0) is 20.7. The number of nitrogens with zero attached hydrogens (tertiary/aromatic N) is 2. The van der Waals surface area contributed by atoms with Crippen LogP contribution in [0, 0.1) is 20.8 Å². The Labute approximate surface area is 177 Å². The SMILES string of the molecule is Cc1ccc(-c2c(C)sc3ncnc(Nc4ccc(Cl)c(C(=O)O)c4)c23)cc1C. The van der Waals surface area contributed by atoms with Crippen molar-refractivity contribution >= 4 is 50.6 Å². The zero-order valence-electron chi connectivity index (χ0n) is 16.1. The Morgan fingerprint density at radius 3 is 2.59 bits per heavy atom. The molecule has 0 aliphatic carbocycles. The predicted octanol–water partition coefficient (Wildman–Crippen LogP) is 6.38. The van der Waals surface area contributed by atoms with Crippen molar-refractivity contribution in [1.29, 1.82) is 0 Å². The molecule has 2 heterocycles. The Bertz CT molecular complexity index is 1270. The van der Waals surface area contributed by atoms with Gasteiger partial charge in [-0.25, -0.2) is 14.8 Å². The van der Waals surface area contributed by atoms with Crippen LogP contribution in [-0.4, -0.2) is 21.0 Å². The van der Waals surface area contributed by atoms with Crippen molar-refractivity contribution < 1.29 is 9.90 Å². The highest BCUT2D eigenvalue weighted by molar-refractivity contribution is 7.19. The lowest BCUT2D eigenvalue weighted by Gasteiger charge is -2.11. The van der Waals surface area contributed by atoms with Gasteiger partial charge < -0.3 is 10.4 Å². The normalized spacial score (nSPS) is 11.0. The van der Waals surface area contributed by atoms with Gasteiger partial charge in [0.2, 0.25) is 0 Å². The number of aromatic carboxylic acids is 1. The molecule has 2 N–H and O–H groups in total. The monoisotopic (exact) mass is 423 g/mol. The number of rotatable bonds is 4. The highest BCUT2D eigenvalue weighted by Crippen LogP contribution is 2.41. The predicted molar refractivity (Wildman–Crippen MR) is 119 cm³/mol. The number of thiophene rings is 1. The van der Waals surface area contributed by atoms with E-state index in [1.807, 2.05) is 0 Å². The van der Waals surface area contributed by atoms with Gasteiger partial charge in [0.1, 0.15) is 17.0 Å². The molecule has 0 aliphatic rings. The average Bonchev–Trinajstić information content (AvgIpc) is 3.02. The van der Waals surface area contributed by atoms with E-state index < -0.39 is 5.97 Å². The highest BCUT2D eigenvalue weighted by Gasteiger charge is 2.18. The molecule has 7 heteroatoms. The number of carbonyl (C=O) groups is 1. The third kappa shape index (κ3) is 3.57. The first-order chi connectivity index (χ1) is 13.8. The highest BCUT2D eigenvalue weighted by atomic mass is 35.5. The smallest absolute Gasteiger partial charge is 0.337 e. The number of hydrogen-bond donors (Lipinski definition) is 2. The summed E-state index contributed by atoms with van der Waals surface area (Å²) in [6.45, 7) is 6.26. The molecule has 0 atom stereocenters. The Balaban J connectivity index is 1.87. The molecule has 5 nitrogen and oxygen atoms in total. The number of hydrogen-bond acceptors (Lipinski definition) is 5. The van der Waals surface area contributed by atoms with Gasteiger partial charge in [-0.1, -0.05) is 29.8 Å². The number of benzene rings is 2. The van der Waals surface area contributed by atoms with Gasteiger partial charge in [-0.15, -0.1) is 11.3 Å². The summed E-state index contributed by atoms with van der Waals surface area (Å²) in [6.07, 6.45) is 1.51. The molecule has 4 aromatic rings. The molecular formula is C22H18ClN3O2S. The molecule has 0 bridgehead atoms. The van der Waals surface area contributed by atoms with Crippen LogP contribution in [0.3, 0.4) is 0 Å². The van der Waals surface area contributed by atoms with Crippen LogP contribution in [0.4, 0.5) is 11.5 Å². The molecule has 0 unspecified atom stereocenters. The quantitative estimate of drug-likeness (QED) is 0.398. The molecule has 0 radical (unpaired) electrons. The number of aromatic nitrogens is 2. The minimum absolute atomic E-state index is 0.0397. The third-order valence-corrected chi connectivity index (χ3v) is 6.26. The van der Waals surface area contributed by atoms with E-state index in [1.54, 1.807) is 23.5 Å². The van der Waals surface area contributed by atoms with Crippen LogP contribution >= 0.6 is 22.9 Å². The van der Waals surface area contributed by atoms with Crippen LogP contribution in [-0.2, 0) is 0 Å². The van der Waals surface area contributed by atoms with E-state index in [2.05, 4.69) is 54.3 Å². The van der Waals surface area contributed by atoms with Gasteiger partial charge in [-0.2, -0.15) is 0 Å². The van der Waals surface area contributed by atoms with Crippen LogP contribution in [0.1, 0.15) is 26.4 Å². The maximum atomic E-state index is 11.4. The molecule has 0 spiro atoms. The van der Waals surface area contributed by atoms with Gasteiger partial charge >= 0.3 is 5.97 Å². The van der Waals surface area contributed by atoms with Crippen molar-refractivity contribution in [3.8, 4) is 11.1 Å². The van der Waals surface area contributed by atoms with Crippen molar-refractivity contribution in [2.45, 2.75) is 20.8 Å². The first kappa shape index (κ1) is 19.4. The summed E-state index contributed by atoms with van der Waals surface area (Å²) < 4.78 is 0. The van der Waals surface area contributed by atoms with Crippen LogP contribution in [0.2, 0.25) is 5.02 Å². The van der Waals surface area contributed by atoms with E-state index in [-0.39, 0.29) is 10.6 Å². The molecule has 29 heavy (non-hydrogen) atoms. The summed E-state index contributed by atoms with van der Waals surface area (Å²) in [4.78, 5) is 22.3. The molecule has 2 aromatic carbocycles. The summed E-state index contributed by atoms with van der Waals surface area (Å²) in [7, 11) is 0. The Hall–Kier alpha value is -2.96. The van der Waals surface area contributed by atoms with E-state index in [4.69, 9.17) is 11.6 Å². The van der Waals surface area contributed by atoms with Crippen molar-refractivity contribution in [3.63, 3.8) is 0 Å². The first-order valence-electron chi connectivity index (χ1n) is 8.96. The Morgan fingerprint density at radius 1 is 1.07 bits per heavy atom. The van der Waals surface area contributed by atoms with Gasteiger partial charge in [0.25, 0.3) is 0 Å².